The van der Waals surface area contributed by atoms with Crippen LogP contribution in [0.15, 0.2) is 54.6 Å². The van der Waals surface area contributed by atoms with Crippen molar-refractivity contribution in [1.29, 1.82) is 5.26 Å². The fourth-order valence-corrected chi connectivity index (χ4v) is 2.40. The number of rotatable bonds is 2. The molecule has 0 saturated carbocycles. The van der Waals surface area contributed by atoms with E-state index in [9.17, 15) is 4.79 Å². The first-order valence-corrected chi connectivity index (χ1v) is 7.25. The van der Waals surface area contributed by atoms with Crippen LogP contribution in [0.1, 0.15) is 28.8 Å². The second kappa shape index (κ2) is 7.84. The molecular formula is C18H18N2O2. The first-order valence-electron chi connectivity index (χ1n) is 7.25. The Morgan fingerprint density at radius 3 is 2.14 bits per heavy atom. The zero-order valence-corrected chi connectivity index (χ0v) is 12.3. The number of anilines is 1. The standard InChI is InChI=1S/C11H13NO2.C7H5N/c13-11(14)9-5-1-2-6-10(9)12-7-3-4-8-12;8-6-7-4-2-1-3-5-7/h1-2,5-6H,3-4,7-8H2,(H,13,14);1-5H. The van der Waals surface area contributed by atoms with Crippen molar-refractivity contribution in [2.24, 2.45) is 0 Å². The maximum absolute atomic E-state index is 11.0. The van der Waals surface area contributed by atoms with Gasteiger partial charge in [-0.1, -0.05) is 30.3 Å². The first kappa shape index (κ1) is 15.6. The van der Waals surface area contributed by atoms with E-state index in [1.54, 1.807) is 24.3 Å². The Morgan fingerprint density at radius 1 is 1.00 bits per heavy atom. The lowest BCUT2D eigenvalue weighted by atomic mass is 10.1. The summed E-state index contributed by atoms with van der Waals surface area (Å²) in [6.07, 6.45) is 2.32. The topological polar surface area (TPSA) is 64.3 Å². The lowest BCUT2D eigenvalue weighted by Gasteiger charge is -2.19. The molecule has 1 aliphatic rings. The molecule has 0 radical (unpaired) electrons. The maximum atomic E-state index is 11.0. The summed E-state index contributed by atoms with van der Waals surface area (Å²) in [6.45, 7) is 1.95. The molecule has 0 spiro atoms. The van der Waals surface area contributed by atoms with Crippen LogP contribution < -0.4 is 4.90 Å². The van der Waals surface area contributed by atoms with Gasteiger partial charge in [0.25, 0.3) is 0 Å². The van der Waals surface area contributed by atoms with Gasteiger partial charge in [-0.05, 0) is 37.1 Å². The van der Waals surface area contributed by atoms with Crippen molar-refractivity contribution in [2.45, 2.75) is 12.8 Å². The van der Waals surface area contributed by atoms with E-state index in [0.29, 0.717) is 11.1 Å². The van der Waals surface area contributed by atoms with Crippen molar-refractivity contribution >= 4 is 11.7 Å². The number of carboxylic acids is 1. The van der Waals surface area contributed by atoms with E-state index in [4.69, 9.17) is 10.4 Å². The number of hydrogen-bond donors (Lipinski definition) is 1. The predicted octanol–water partition coefficient (Wildman–Crippen LogP) is 3.54. The number of nitrogens with zero attached hydrogens (tertiary/aromatic N) is 2. The van der Waals surface area contributed by atoms with E-state index >= 15 is 0 Å². The molecular weight excluding hydrogens is 276 g/mol. The third-order valence-corrected chi connectivity index (χ3v) is 3.48. The van der Waals surface area contributed by atoms with Crippen molar-refractivity contribution in [1.82, 2.24) is 0 Å². The molecule has 4 heteroatoms. The molecule has 1 N–H and O–H groups in total. The quantitative estimate of drug-likeness (QED) is 0.920. The van der Waals surface area contributed by atoms with Crippen molar-refractivity contribution in [3.8, 4) is 6.07 Å². The molecule has 4 nitrogen and oxygen atoms in total. The number of carbonyl (C=O) groups is 1. The van der Waals surface area contributed by atoms with Crippen LogP contribution in [0, 0.1) is 11.3 Å². The summed E-state index contributed by atoms with van der Waals surface area (Å²) in [6, 6.07) is 18.4. The maximum Gasteiger partial charge on any atom is 0.337 e. The van der Waals surface area contributed by atoms with E-state index < -0.39 is 5.97 Å². The van der Waals surface area contributed by atoms with Crippen LogP contribution >= 0.6 is 0 Å². The highest BCUT2D eigenvalue weighted by Gasteiger charge is 2.17. The molecule has 112 valence electrons. The van der Waals surface area contributed by atoms with Gasteiger partial charge in [0.2, 0.25) is 0 Å². The van der Waals surface area contributed by atoms with Crippen LogP contribution in [-0.4, -0.2) is 24.2 Å². The Hall–Kier alpha value is -2.80. The van der Waals surface area contributed by atoms with Gasteiger partial charge < -0.3 is 10.0 Å². The highest BCUT2D eigenvalue weighted by molar-refractivity contribution is 5.94. The van der Waals surface area contributed by atoms with Crippen LogP contribution in [0.2, 0.25) is 0 Å². The molecule has 2 aromatic carbocycles. The highest BCUT2D eigenvalue weighted by Crippen LogP contribution is 2.24. The van der Waals surface area contributed by atoms with E-state index in [1.165, 1.54) is 0 Å². The molecule has 0 amide bonds. The number of benzene rings is 2. The summed E-state index contributed by atoms with van der Waals surface area (Å²) in [7, 11) is 0. The fourth-order valence-electron chi connectivity index (χ4n) is 2.40. The Morgan fingerprint density at radius 2 is 1.59 bits per heavy atom. The average molecular weight is 294 g/mol. The van der Waals surface area contributed by atoms with Gasteiger partial charge in [0.15, 0.2) is 0 Å². The summed E-state index contributed by atoms with van der Waals surface area (Å²) in [5.41, 5.74) is 1.99. The van der Waals surface area contributed by atoms with Crippen molar-refractivity contribution in [3.63, 3.8) is 0 Å². The summed E-state index contributed by atoms with van der Waals surface area (Å²) in [4.78, 5) is 13.1. The second-order valence-corrected chi connectivity index (χ2v) is 4.99. The monoisotopic (exact) mass is 294 g/mol. The summed E-state index contributed by atoms with van der Waals surface area (Å²) in [5.74, 6) is -0.840. The number of nitriles is 1. The lowest BCUT2D eigenvalue weighted by Crippen LogP contribution is -2.20. The molecule has 1 heterocycles. The zero-order valence-electron chi connectivity index (χ0n) is 12.3. The van der Waals surface area contributed by atoms with E-state index in [0.717, 1.165) is 31.6 Å². The van der Waals surface area contributed by atoms with Gasteiger partial charge in [0, 0.05) is 13.1 Å². The zero-order chi connectivity index (χ0) is 15.8. The number of para-hydroxylation sites is 1. The Labute approximate surface area is 130 Å². The van der Waals surface area contributed by atoms with E-state index in [1.807, 2.05) is 36.4 Å². The van der Waals surface area contributed by atoms with Crippen LogP contribution in [-0.2, 0) is 0 Å². The fraction of sp³-hybridized carbons (Fsp3) is 0.222. The van der Waals surface area contributed by atoms with E-state index in [2.05, 4.69) is 4.90 Å². The normalized spacial score (nSPS) is 13.0. The molecule has 1 saturated heterocycles. The minimum absolute atomic E-state index is 0.411. The summed E-state index contributed by atoms with van der Waals surface area (Å²) in [5, 5.41) is 17.3. The van der Waals surface area contributed by atoms with Crippen LogP contribution in [0.3, 0.4) is 0 Å². The molecule has 3 rings (SSSR count). The molecule has 0 bridgehead atoms. The highest BCUT2D eigenvalue weighted by atomic mass is 16.4. The van der Waals surface area contributed by atoms with Gasteiger partial charge in [-0.15, -0.1) is 0 Å². The van der Waals surface area contributed by atoms with Gasteiger partial charge in [-0.3, -0.25) is 0 Å². The minimum Gasteiger partial charge on any atom is -0.478 e. The SMILES string of the molecule is N#Cc1ccccc1.O=C(O)c1ccccc1N1CCCC1. The molecule has 2 aromatic rings. The smallest absolute Gasteiger partial charge is 0.337 e. The van der Waals surface area contributed by atoms with Gasteiger partial charge in [-0.25, -0.2) is 4.79 Å². The van der Waals surface area contributed by atoms with Crippen LogP contribution in [0.5, 0.6) is 0 Å². The molecule has 1 fully saturated rings. The first-order chi connectivity index (χ1) is 10.7. The van der Waals surface area contributed by atoms with Crippen molar-refractivity contribution in [2.75, 3.05) is 18.0 Å². The number of aromatic carboxylic acids is 1. The van der Waals surface area contributed by atoms with Crippen LogP contribution in [0.4, 0.5) is 5.69 Å². The largest absolute Gasteiger partial charge is 0.478 e. The molecule has 0 aromatic heterocycles. The second-order valence-electron chi connectivity index (χ2n) is 4.99. The third-order valence-electron chi connectivity index (χ3n) is 3.48. The molecule has 1 aliphatic heterocycles. The van der Waals surface area contributed by atoms with Gasteiger partial charge in [-0.2, -0.15) is 5.26 Å². The van der Waals surface area contributed by atoms with Gasteiger partial charge in [0.1, 0.15) is 0 Å². The van der Waals surface area contributed by atoms with Crippen molar-refractivity contribution in [3.05, 3.63) is 65.7 Å². The van der Waals surface area contributed by atoms with Gasteiger partial charge >= 0.3 is 5.97 Å². The molecule has 0 aliphatic carbocycles. The average Bonchev–Trinajstić information content (AvgIpc) is 3.10. The van der Waals surface area contributed by atoms with Gasteiger partial charge in [0.05, 0.1) is 22.9 Å². The summed E-state index contributed by atoms with van der Waals surface area (Å²) < 4.78 is 0. The minimum atomic E-state index is -0.840. The lowest BCUT2D eigenvalue weighted by molar-refractivity contribution is 0.0697. The molecule has 0 atom stereocenters. The summed E-state index contributed by atoms with van der Waals surface area (Å²) >= 11 is 0. The molecule has 0 unspecified atom stereocenters. The van der Waals surface area contributed by atoms with Crippen molar-refractivity contribution < 1.29 is 9.90 Å². The third kappa shape index (κ3) is 4.10. The Kier molecular flexibility index (Phi) is 5.56. The number of carboxylic acid groups (broad SMARTS) is 1. The predicted molar refractivity (Wildman–Crippen MR) is 86.0 cm³/mol. The van der Waals surface area contributed by atoms with Crippen LogP contribution in [0.25, 0.3) is 0 Å². The Balaban J connectivity index is 0.000000188. The Bertz CT molecular complexity index is 656. The number of hydrogen-bond acceptors (Lipinski definition) is 3. The molecule has 22 heavy (non-hydrogen) atoms. The van der Waals surface area contributed by atoms with E-state index in [-0.39, 0.29) is 0 Å².